The summed E-state index contributed by atoms with van der Waals surface area (Å²) in [6.07, 6.45) is 0.785. The van der Waals surface area contributed by atoms with Crippen LogP contribution in [0.15, 0.2) is 11.4 Å². The lowest BCUT2D eigenvalue weighted by atomic mass is 10.1. The van der Waals surface area contributed by atoms with Crippen molar-refractivity contribution in [2.24, 2.45) is 5.29 Å². The van der Waals surface area contributed by atoms with Crippen LogP contribution in [0.1, 0.15) is 17.4 Å². The Labute approximate surface area is 90.6 Å². The molecule has 1 aliphatic heterocycles. The van der Waals surface area contributed by atoms with E-state index in [-0.39, 0.29) is 5.97 Å². The van der Waals surface area contributed by atoms with Crippen molar-refractivity contribution < 1.29 is 9.53 Å². The molecule has 0 saturated heterocycles. The smallest absolute Gasteiger partial charge is 0.308 e. The van der Waals surface area contributed by atoms with Crippen LogP contribution in [0.3, 0.4) is 0 Å². The molecule has 0 aromatic carbocycles. The topological polar surface area (TPSA) is 59.0 Å². The lowest BCUT2D eigenvalue weighted by molar-refractivity contribution is -0.131. The molecule has 0 amide bonds. The molecular weight excluding hydrogens is 216 g/mol. The summed E-state index contributed by atoms with van der Waals surface area (Å²) in [5, 5.41) is 4.96. The molecule has 80 valence electrons. The van der Waals surface area contributed by atoms with Gasteiger partial charge in [0.25, 0.3) is 0 Å². The second-order valence-electron chi connectivity index (χ2n) is 3.33. The summed E-state index contributed by atoms with van der Waals surface area (Å²) < 4.78 is 4.99. The Morgan fingerprint density at radius 2 is 2.47 bits per heavy atom. The predicted molar refractivity (Wildman–Crippen MR) is 55.5 cm³/mol. The Balaban J connectivity index is 2.17. The van der Waals surface area contributed by atoms with Crippen molar-refractivity contribution >= 4 is 17.3 Å². The van der Waals surface area contributed by atoms with Crippen LogP contribution >= 0.6 is 11.3 Å². The van der Waals surface area contributed by atoms with Crippen LogP contribution in [0.4, 0.5) is 0 Å². The maximum absolute atomic E-state index is 10.8. The van der Waals surface area contributed by atoms with E-state index in [1.54, 1.807) is 6.07 Å². The van der Waals surface area contributed by atoms with Crippen molar-refractivity contribution in [3.8, 4) is 5.06 Å². The molecule has 0 spiro atoms. The van der Waals surface area contributed by atoms with E-state index in [2.05, 4.69) is 5.29 Å². The molecule has 2 heterocycles. The SMILES string of the molecule is CC(=O)Oc1cc2c(s1)CCN(N=O)C2. The number of ether oxygens (including phenoxy) is 1. The first kappa shape index (κ1) is 10.1. The van der Waals surface area contributed by atoms with Gasteiger partial charge < -0.3 is 4.74 Å². The number of carbonyl (C=O) groups excluding carboxylic acids is 1. The molecule has 0 aliphatic carbocycles. The third-order valence-electron chi connectivity index (χ3n) is 2.18. The quantitative estimate of drug-likeness (QED) is 0.569. The highest BCUT2D eigenvalue weighted by molar-refractivity contribution is 7.14. The standard InChI is InChI=1S/C9H10N2O3S/c1-6(12)14-9-4-7-5-11(10-13)3-2-8(7)15-9/h4H,2-3,5H2,1H3. The van der Waals surface area contributed by atoms with Gasteiger partial charge in [-0.25, -0.2) is 0 Å². The predicted octanol–water partition coefficient (Wildman–Crippen LogP) is 1.71. The van der Waals surface area contributed by atoms with E-state index in [1.807, 2.05) is 0 Å². The number of thiophene rings is 1. The van der Waals surface area contributed by atoms with Crippen molar-refractivity contribution in [3.05, 3.63) is 21.4 Å². The van der Waals surface area contributed by atoms with Crippen molar-refractivity contribution in [1.82, 2.24) is 5.01 Å². The Kier molecular flexibility index (Phi) is 2.68. The number of nitrogens with zero attached hydrogens (tertiary/aromatic N) is 2. The lowest BCUT2D eigenvalue weighted by Crippen LogP contribution is -2.23. The Bertz CT molecular complexity index is 402. The first-order valence-electron chi connectivity index (χ1n) is 4.57. The minimum atomic E-state index is -0.320. The molecule has 1 aromatic rings. The molecule has 0 atom stereocenters. The molecule has 0 saturated carbocycles. The van der Waals surface area contributed by atoms with Gasteiger partial charge in [0.2, 0.25) is 0 Å². The summed E-state index contributed by atoms with van der Waals surface area (Å²) in [6.45, 7) is 2.52. The van der Waals surface area contributed by atoms with E-state index in [4.69, 9.17) is 4.74 Å². The zero-order chi connectivity index (χ0) is 10.8. The van der Waals surface area contributed by atoms with E-state index in [0.29, 0.717) is 18.2 Å². The van der Waals surface area contributed by atoms with Gasteiger partial charge in [0.05, 0.1) is 11.8 Å². The van der Waals surface area contributed by atoms with Crippen LogP contribution in [0, 0.1) is 4.91 Å². The summed E-state index contributed by atoms with van der Waals surface area (Å²) in [6, 6.07) is 1.80. The van der Waals surface area contributed by atoms with Gasteiger partial charge in [0.1, 0.15) is 0 Å². The summed E-state index contributed by atoms with van der Waals surface area (Å²) in [7, 11) is 0. The number of rotatable bonds is 2. The molecule has 0 unspecified atom stereocenters. The van der Waals surface area contributed by atoms with Crippen LogP contribution in [0.25, 0.3) is 0 Å². The van der Waals surface area contributed by atoms with E-state index in [1.165, 1.54) is 28.1 Å². The first-order chi connectivity index (χ1) is 7.19. The molecule has 0 radical (unpaired) electrons. The highest BCUT2D eigenvalue weighted by Gasteiger charge is 2.19. The molecule has 1 aromatic heterocycles. The van der Waals surface area contributed by atoms with E-state index in [0.717, 1.165) is 12.0 Å². The van der Waals surface area contributed by atoms with Crippen molar-refractivity contribution in [2.75, 3.05) is 6.54 Å². The second kappa shape index (κ2) is 3.98. The molecule has 2 rings (SSSR count). The maximum Gasteiger partial charge on any atom is 0.308 e. The summed E-state index contributed by atoms with van der Waals surface area (Å²) >= 11 is 1.46. The highest BCUT2D eigenvalue weighted by atomic mass is 32.1. The maximum atomic E-state index is 10.8. The molecule has 0 fully saturated rings. The summed E-state index contributed by atoms with van der Waals surface area (Å²) in [5.74, 6) is -0.320. The number of hydrogen-bond donors (Lipinski definition) is 0. The number of fused-ring (bicyclic) bond motifs is 1. The van der Waals surface area contributed by atoms with Crippen LogP contribution < -0.4 is 4.74 Å². The second-order valence-corrected chi connectivity index (χ2v) is 4.43. The fraction of sp³-hybridized carbons (Fsp3) is 0.444. The van der Waals surface area contributed by atoms with Crippen molar-refractivity contribution in [2.45, 2.75) is 19.9 Å². The fourth-order valence-corrected chi connectivity index (χ4v) is 2.60. The van der Waals surface area contributed by atoms with Crippen LogP contribution in [0.2, 0.25) is 0 Å². The van der Waals surface area contributed by atoms with E-state index < -0.39 is 0 Å². The Morgan fingerprint density at radius 3 is 3.13 bits per heavy atom. The van der Waals surface area contributed by atoms with Gasteiger partial charge in [-0.2, -0.15) is 0 Å². The average Bonchev–Trinajstić information content (AvgIpc) is 2.57. The molecule has 6 heteroatoms. The van der Waals surface area contributed by atoms with Gasteiger partial charge in [-0.1, -0.05) is 0 Å². The van der Waals surface area contributed by atoms with Gasteiger partial charge in [0, 0.05) is 24.8 Å². The molecule has 1 aliphatic rings. The van der Waals surface area contributed by atoms with Gasteiger partial charge in [-0.15, -0.1) is 16.2 Å². The number of hydrogen-bond acceptors (Lipinski definition) is 5. The summed E-state index contributed by atoms with van der Waals surface area (Å²) in [4.78, 5) is 22.3. The van der Waals surface area contributed by atoms with Gasteiger partial charge in [-0.3, -0.25) is 9.80 Å². The van der Waals surface area contributed by atoms with Crippen LogP contribution in [-0.2, 0) is 17.8 Å². The van der Waals surface area contributed by atoms with Gasteiger partial charge in [0.15, 0.2) is 5.06 Å². The minimum Gasteiger partial charge on any atom is -0.416 e. The molecule has 0 bridgehead atoms. The first-order valence-corrected chi connectivity index (χ1v) is 5.39. The summed E-state index contributed by atoms with van der Waals surface area (Å²) in [5.41, 5.74) is 1.03. The molecule has 0 N–H and O–H groups in total. The Morgan fingerprint density at radius 1 is 1.67 bits per heavy atom. The van der Waals surface area contributed by atoms with Gasteiger partial charge in [-0.05, 0) is 11.6 Å². The molecule has 5 nitrogen and oxygen atoms in total. The number of carbonyl (C=O) groups is 1. The molecular formula is C9H10N2O3S. The highest BCUT2D eigenvalue weighted by Crippen LogP contribution is 2.33. The Hall–Kier alpha value is -1.43. The van der Waals surface area contributed by atoms with E-state index >= 15 is 0 Å². The average molecular weight is 226 g/mol. The largest absolute Gasteiger partial charge is 0.416 e. The zero-order valence-corrected chi connectivity index (χ0v) is 9.04. The third kappa shape index (κ3) is 2.15. The van der Waals surface area contributed by atoms with Crippen molar-refractivity contribution in [3.63, 3.8) is 0 Å². The minimum absolute atomic E-state index is 0.320. The van der Waals surface area contributed by atoms with Crippen molar-refractivity contribution in [1.29, 1.82) is 0 Å². The van der Waals surface area contributed by atoms with E-state index in [9.17, 15) is 9.70 Å². The number of esters is 1. The fourth-order valence-electron chi connectivity index (χ4n) is 1.55. The third-order valence-corrected chi connectivity index (χ3v) is 3.30. The normalized spacial score (nSPS) is 14.6. The van der Waals surface area contributed by atoms with Crippen LogP contribution in [0.5, 0.6) is 5.06 Å². The van der Waals surface area contributed by atoms with Crippen LogP contribution in [-0.4, -0.2) is 17.5 Å². The molecule has 15 heavy (non-hydrogen) atoms. The lowest BCUT2D eigenvalue weighted by Gasteiger charge is -2.19. The number of nitroso groups, excluding NO2 is 1. The monoisotopic (exact) mass is 226 g/mol. The van der Waals surface area contributed by atoms with Gasteiger partial charge >= 0.3 is 5.97 Å². The zero-order valence-electron chi connectivity index (χ0n) is 8.23.